The molecule has 0 saturated heterocycles. The van der Waals surface area contributed by atoms with Gasteiger partial charge in [0.05, 0.1) is 0 Å². The Kier molecular flexibility index (Phi) is 1.48. The summed E-state index contributed by atoms with van der Waals surface area (Å²) in [6, 6.07) is 3.85. The summed E-state index contributed by atoms with van der Waals surface area (Å²) < 4.78 is 5.36. The van der Waals surface area contributed by atoms with E-state index >= 15 is 0 Å². The fourth-order valence-corrected chi connectivity index (χ4v) is 1.81. The number of fused-ring (bicyclic) bond motifs is 2. The van der Waals surface area contributed by atoms with Gasteiger partial charge in [0.15, 0.2) is 0 Å². The molecule has 3 rings (SSSR count). The van der Waals surface area contributed by atoms with Crippen molar-refractivity contribution in [3.05, 3.63) is 35.6 Å². The standard InChI is InChI=1S/C11H7BO2/c13-10-6-12-9-5-11-7(4-8(9)10)2-1-3-14-11/h1,3-6H,2H2. The fraction of sp³-hybridized carbons (Fsp3) is 0.0909. The second-order valence-corrected chi connectivity index (χ2v) is 3.44. The van der Waals surface area contributed by atoms with E-state index in [1.807, 2.05) is 25.1 Å². The normalized spacial score (nSPS) is 15.9. The Labute approximate surface area is 82.1 Å². The molecule has 0 aromatic heterocycles. The molecule has 0 fully saturated rings. The molecule has 14 heavy (non-hydrogen) atoms. The van der Waals surface area contributed by atoms with Crippen LogP contribution in [0.4, 0.5) is 0 Å². The van der Waals surface area contributed by atoms with Crippen molar-refractivity contribution in [2.75, 3.05) is 0 Å². The Morgan fingerprint density at radius 2 is 2.29 bits per heavy atom. The van der Waals surface area contributed by atoms with E-state index in [4.69, 9.17) is 4.74 Å². The Bertz CT molecular complexity index is 486. The van der Waals surface area contributed by atoms with Gasteiger partial charge in [0, 0.05) is 0 Å². The predicted octanol–water partition coefficient (Wildman–Crippen LogP) is 0.463. The topological polar surface area (TPSA) is 26.3 Å². The van der Waals surface area contributed by atoms with Crippen molar-refractivity contribution < 1.29 is 9.53 Å². The van der Waals surface area contributed by atoms with Gasteiger partial charge < -0.3 is 0 Å². The summed E-state index contributed by atoms with van der Waals surface area (Å²) in [7, 11) is 0. The predicted molar refractivity (Wildman–Crippen MR) is 55.7 cm³/mol. The number of Topliss-reactive ketones (excluding diaryl/α,β-unsaturated/α-hetero) is 1. The van der Waals surface area contributed by atoms with Gasteiger partial charge in [-0.2, -0.15) is 0 Å². The van der Waals surface area contributed by atoms with Crippen LogP contribution in [0.15, 0.2) is 24.5 Å². The molecule has 0 N–H and O–H groups in total. The average Bonchev–Trinajstić information content (AvgIpc) is 2.57. The van der Waals surface area contributed by atoms with Crippen LogP contribution in [0.1, 0.15) is 15.9 Å². The zero-order chi connectivity index (χ0) is 9.54. The van der Waals surface area contributed by atoms with Crippen molar-refractivity contribution in [1.29, 1.82) is 0 Å². The zero-order valence-corrected chi connectivity index (χ0v) is 7.49. The first-order chi connectivity index (χ1) is 6.84. The van der Waals surface area contributed by atoms with E-state index in [9.17, 15) is 4.79 Å². The van der Waals surface area contributed by atoms with Crippen LogP contribution >= 0.6 is 0 Å². The van der Waals surface area contributed by atoms with Gasteiger partial charge in [-0.1, -0.05) is 0 Å². The Morgan fingerprint density at radius 1 is 1.36 bits per heavy atom. The van der Waals surface area contributed by atoms with Crippen LogP contribution in [-0.4, -0.2) is 18.7 Å². The molecule has 0 atom stereocenters. The van der Waals surface area contributed by atoms with E-state index < -0.39 is 0 Å². The number of carbonyl (C=O) groups excluding carboxylic acids is 1. The number of carbonyl (C=O) groups is 1. The number of allylic oxidation sites excluding steroid dienone is 1. The summed E-state index contributed by atoms with van der Waals surface area (Å²) in [5.41, 5.74) is 2.84. The molecule has 3 heteroatoms. The van der Waals surface area contributed by atoms with Crippen molar-refractivity contribution in [2.24, 2.45) is 0 Å². The van der Waals surface area contributed by atoms with Gasteiger partial charge in [-0.05, 0) is 0 Å². The first-order valence-electron chi connectivity index (χ1n) is 4.55. The quantitative estimate of drug-likeness (QED) is 0.545. The van der Waals surface area contributed by atoms with Crippen LogP contribution in [0.25, 0.3) is 0 Å². The number of ether oxygens (including phenoxy) is 1. The van der Waals surface area contributed by atoms with Crippen LogP contribution in [-0.2, 0) is 6.42 Å². The van der Waals surface area contributed by atoms with Crippen LogP contribution in [0.5, 0.6) is 5.75 Å². The van der Waals surface area contributed by atoms with E-state index in [-0.39, 0.29) is 5.78 Å². The summed E-state index contributed by atoms with van der Waals surface area (Å²) in [5.74, 6) is 2.56. The third kappa shape index (κ3) is 0.986. The Balaban J connectivity index is 2.21. The van der Waals surface area contributed by atoms with Gasteiger partial charge in [-0.3, -0.25) is 0 Å². The first kappa shape index (κ1) is 7.74. The number of rotatable bonds is 0. The minimum atomic E-state index is 0.0948. The first-order valence-corrected chi connectivity index (χ1v) is 4.55. The molecular weight excluding hydrogens is 175 g/mol. The van der Waals surface area contributed by atoms with Crippen molar-refractivity contribution in [2.45, 2.75) is 6.42 Å². The second kappa shape index (κ2) is 2.67. The van der Waals surface area contributed by atoms with Gasteiger partial charge in [-0.25, -0.2) is 0 Å². The van der Waals surface area contributed by atoms with E-state index in [0.717, 1.165) is 28.8 Å². The molecular formula is C11H7BO2. The minimum absolute atomic E-state index is 0.0948. The van der Waals surface area contributed by atoms with E-state index in [1.165, 1.54) is 0 Å². The SMILES string of the molecule is O=C1C=Bc2cc3c(cc21)CC=CO3. The number of hydrogen-bond donors (Lipinski definition) is 0. The monoisotopic (exact) mass is 182 g/mol. The summed E-state index contributed by atoms with van der Waals surface area (Å²) >= 11 is 0. The number of benzene rings is 1. The number of hydrogen-bond acceptors (Lipinski definition) is 2. The average molecular weight is 182 g/mol. The maximum atomic E-state index is 11.4. The molecule has 0 aliphatic carbocycles. The molecule has 2 aliphatic heterocycles. The third-order valence-electron chi connectivity index (χ3n) is 2.54. The molecule has 66 valence electrons. The molecule has 1 aromatic carbocycles. The van der Waals surface area contributed by atoms with Crippen LogP contribution in [0.2, 0.25) is 0 Å². The summed E-state index contributed by atoms with van der Waals surface area (Å²) in [6.07, 6.45) is 4.48. The van der Waals surface area contributed by atoms with E-state index in [0.29, 0.717) is 0 Å². The molecule has 0 spiro atoms. The molecule has 1 aromatic rings. The molecule has 0 amide bonds. The summed E-state index contributed by atoms with van der Waals surface area (Å²) in [5, 5.41) is 0. The van der Waals surface area contributed by atoms with Crippen molar-refractivity contribution in [1.82, 2.24) is 0 Å². The number of ketones is 1. The molecule has 0 bridgehead atoms. The van der Waals surface area contributed by atoms with Crippen LogP contribution < -0.4 is 10.2 Å². The summed E-state index contributed by atoms with van der Waals surface area (Å²) in [6.45, 7) is 1.83. The maximum absolute atomic E-state index is 11.4. The second-order valence-electron chi connectivity index (χ2n) is 3.44. The van der Waals surface area contributed by atoms with Gasteiger partial charge >= 0.3 is 81.4 Å². The summed E-state index contributed by atoms with van der Waals surface area (Å²) in [4.78, 5) is 11.4. The fourth-order valence-electron chi connectivity index (χ4n) is 1.81. The molecule has 0 radical (unpaired) electrons. The molecule has 0 unspecified atom stereocenters. The van der Waals surface area contributed by atoms with E-state index in [1.54, 1.807) is 12.2 Å². The Morgan fingerprint density at radius 3 is 3.21 bits per heavy atom. The third-order valence-corrected chi connectivity index (χ3v) is 2.54. The van der Waals surface area contributed by atoms with Crippen LogP contribution in [0, 0.1) is 0 Å². The molecule has 0 saturated carbocycles. The van der Waals surface area contributed by atoms with Gasteiger partial charge in [0.1, 0.15) is 0 Å². The molecule has 2 aliphatic rings. The van der Waals surface area contributed by atoms with Crippen LogP contribution in [0.3, 0.4) is 0 Å². The van der Waals surface area contributed by atoms with Gasteiger partial charge in [-0.15, -0.1) is 0 Å². The van der Waals surface area contributed by atoms with Crippen molar-refractivity contribution in [3.8, 4) is 5.75 Å². The Hall–Kier alpha value is -1.64. The van der Waals surface area contributed by atoms with Crippen molar-refractivity contribution >= 4 is 24.1 Å². The van der Waals surface area contributed by atoms with E-state index in [2.05, 4.69) is 0 Å². The zero-order valence-electron chi connectivity index (χ0n) is 7.49. The molecule has 2 heterocycles. The van der Waals surface area contributed by atoms with Gasteiger partial charge in [0.25, 0.3) is 0 Å². The molecule has 2 nitrogen and oxygen atoms in total. The van der Waals surface area contributed by atoms with Gasteiger partial charge in [0.2, 0.25) is 0 Å². The van der Waals surface area contributed by atoms with Crippen molar-refractivity contribution in [3.63, 3.8) is 0 Å².